The van der Waals surface area contributed by atoms with Crippen molar-refractivity contribution < 1.29 is 14.9 Å². The summed E-state index contributed by atoms with van der Waals surface area (Å²) in [4.78, 5) is 10.7. The lowest BCUT2D eigenvalue weighted by Gasteiger charge is -2.62. The summed E-state index contributed by atoms with van der Waals surface area (Å²) in [5.41, 5.74) is 10.5. The molecule has 0 amide bonds. The fraction of sp³-hybridized carbons (Fsp3) is 0.464. The second-order valence-electron chi connectivity index (χ2n) is 11.4. The van der Waals surface area contributed by atoms with Gasteiger partial charge < -0.3 is 25.7 Å². The number of aliphatic hydroxyl groups is 1. The van der Waals surface area contributed by atoms with Gasteiger partial charge in [-0.3, -0.25) is 4.90 Å². The lowest BCUT2D eigenvalue weighted by atomic mass is 9.49. The Morgan fingerprint density at radius 3 is 2.94 bits per heavy atom. The standard InChI is InChI=1S/C28H30N4O3/c1-14(29)30-17-5-6-20-18(11-17)19-12-28(34)22-10-16-4-7-21(33)25-23(16)27(28,26(35-25)24(19)31-20)8-9-32(22)13-15-2-3-15/h4-7,11,15,22,26,31,33-34H,2-3,8-10,12-13H2,1H3,(H2,29,30)/t22-,26+,27+,28-/m1/s1. The van der Waals surface area contributed by atoms with Gasteiger partial charge in [-0.05, 0) is 80.5 Å². The molecule has 2 aromatic carbocycles. The summed E-state index contributed by atoms with van der Waals surface area (Å²) in [7, 11) is 0. The first kappa shape index (κ1) is 20.2. The predicted molar refractivity (Wildman–Crippen MR) is 133 cm³/mol. The number of rotatable bonds is 3. The van der Waals surface area contributed by atoms with E-state index in [4.69, 9.17) is 10.5 Å². The largest absolute Gasteiger partial charge is 0.504 e. The highest BCUT2D eigenvalue weighted by atomic mass is 16.5. The number of nitrogens with two attached hydrogens (primary N) is 1. The molecule has 2 bridgehead atoms. The third-order valence-electron chi connectivity index (χ3n) is 9.45. The zero-order valence-electron chi connectivity index (χ0n) is 19.8. The summed E-state index contributed by atoms with van der Waals surface area (Å²) in [5, 5.41) is 24.8. The number of phenols is 1. The lowest BCUT2D eigenvalue weighted by molar-refractivity contribution is -0.173. The third kappa shape index (κ3) is 2.40. The van der Waals surface area contributed by atoms with Crippen molar-refractivity contribution in [2.45, 2.75) is 62.2 Å². The molecule has 7 heteroatoms. The SMILES string of the molecule is CC(N)=Nc1ccc2[nH]c3c(c2c1)C[C@@]1(O)[C@H]2Cc4ccc(O)c5c4[C@@]1(CCN2CC1CC1)[C@H]3O5. The monoisotopic (exact) mass is 470 g/mol. The molecule has 5 N–H and O–H groups in total. The first-order valence-corrected chi connectivity index (χ1v) is 12.8. The van der Waals surface area contributed by atoms with Gasteiger partial charge in [0.25, 0.3) is 0 Å². The fourth-order valence-corrected chi connectivity index (χ4v) is 7.88. The molecule has 35 heavy (non-hydrogen) atoms. The van der Waals surface area contributed by atoms with Crippen LogP contribution in [0.2, 0.25) is 0 Å². The van der Waals surface area contributed by atoms with Gasteiger partial charge in [-0.25, -0.2) is 4.99 Å². The van der Waals surface area contributed by atoms with E-state index in [9.17, 15) is 10.2 Å². The molecule has 0 radical (unpaired) electrons. The van der Waals surface area contributed by atoms with Crippen LogP contribution in [0.3, 0.4) is 0 Å². The van der Waals surface area contributed by atoms with E-state index in [0.717, 1.165) is 65.3 Å². The summed E-state index contributed by atoms with van der Waals surface area (Å²) in [5.74, 6) is 2.01. The average Bonchev–Trinajstić information content (AvgIpc) is 3.46. The number of amidine groups is 1. The van der Waals surface area contributed by atoms with Crippen LogP contribution in [0.4, 0.5) is 5.69 Å². The van der Waals surface area contributed by atoms with Crippen molar-refractivity contribution in [1.82, 2.24) is 9.88 Å². The minimum absolute atomic E-state index is 0.0246. The number of nitrogens with zero attached hydrogens (tertiary/aromatic N) is 2. The first-order chi connectivity index (χ1) is 16.9. The Bertz CT molecular complexity index is 1450. The zero-order valence-corrected chi connectivity index (χ0v) is 19.8. The Morgan fingerprint density at radius 1 is 1.29 bits per heavy atom. The molecular weight excluding hydrogens is 440 g/mol. The number of aromatic hydroxyl groups is 1. The van der Waals surface area contributed by atoms with Crippen LogP contribution in [0.5, 0.6) is 11.5 Å². The van der Waals surface area contributed by atoms with Crippen LogP contribution in [0.25, 0.3) is 10.9 Å². The van der Waals surface area contributed by atoms with E-state index in [-0.39, 0.29) is 17.9 Å². The van der Waals surface area contributed by atoms with Gasteiger partial charge in [-0.15, -0.1) is 0 Å². The van der Waals surface area contributed by atoms with E-state index in [0.29, 0.717) is 18.0 Å². The van der Waals surface area contributed by atoms with Crippen LogP contribution >= 0.6 is 0 Å². The molecule has 1 saturated heterocycles. The maximum atomic E-state index is 12.9. The number of nitrogens with one attached hydrogen (secondary N) is 1. The number of likely N-dealkylation sites (tertiary alicyclic amines) is 1. The van der Waals surface area contributed by atoms with Crippen molar-refractivity contribution in [3.05, 3.63) is 52.7 Å². The Labute approximate surface area is 203 Å². The number of ether oxygens (including phenoxy) is 1. The molecule has 5 aliphatic rings. The van der Waals surface area contributed by atoms with Crippen LogP contribution in [0.1, 0.15) is 54.7 Å². The maximum Gasteiger partial charge on any atom is 0.166 e. The highest BCUT2D eigenvalue weighted by Gasteiger charge is 2.72. The molecule has 1 spiro atoms. The minimum Gasteiger partial charge on any atom is -0.504 e. The van der Waals surface area contributed by atoms with Crippen LogP contribution in [-0.4, -0.2) is 50.7 Å². The number of aliphatic imine (C=N–C) groups is 1. The number of aromatic nitrogens is 1. The molecule has 2 aliphatic heterocycles. The predicted octanol–water partition coefficient (Wildman–Crippen LogP) is 3.58. The molecule has 4 atom stereocenters. The van der Waals surface area contributed by atoms with Crippen LogP contribution < -0.4 is 10.5 Å². The van der Waals surface area contributed by atoms with Gasteiger partial charge >= 0.3 is 0 Å². The van der Waals surface area contributed by atoms with Crippen molar-refractivity contribution in [3.8, 4) is 11.5 Å². The van der Waals surface area contributed by atoms with Crippen molar-refractivity contribution in [3.63, 3.8) is 0 Å². The highest BCUT2D eigenvalue weighted by molar-refractivity contribution is 5.90. The molecule has 1 saturated carbocycles. The number of phenolic OH excluding ortho intramolecular Hbond substituents is 1. The minimum atomic E-state index is -0.984. The summed E-state index contributed by atoms with van der Waals surface area (Å²) in [6.07, 6.45) is 4.38. The summed E-state index contributed by atoms with van der Waals surface area (Å²) in [6, 6.07) is 9.90. The molecule has 7 nitrogen and oxygen atoms in total. The summed E-state index contributed by atoms with van der Waals surface area (Å²) < 4.78 is 6.65. The Hall–Kier alpha value is -3.03. The van der Waals surface area contributed by atoms with E-state index in [1.54, 1.807) is 13.0 Å². The van der Waals surface area contributed by atoms with Gasteiger partial charge in [0.15, 0.2) is 17.6 Å². The number of piperidine rings is 1. The van der Waals surface area contributed by atoms with Crippen LogP contribution in [-0.2, 0) is 18.3 Å². The molecule has 0 unspecified atom stereocenters. The van der Waals surface area contributed by atoms with Crippen molar-refractivity contribution >= 4 is 22.4 Å². The number of benzene rings is 2. The van der Waals surface area contributed by atoms with Crippen LogP contribution in [0.15, 0.2) is 35.3 Å². The Balaban J connectivity index is 1.38. The summed E-state index contributed by atoms with van der Waals surface area (Å²) >= 11 is 0. The molecule has 2 fully saturated rings. The molecule has 3 aromatic rings. The maximum absolute atomic E-state index is 12.9. The molecule has 180 valence electrons. The Morgan fingerprint density at radius 2 is 2.14 bits per heavy atom. The topological polar surface area (TPSA) is 107 Å². The fourth-order valence-electron chi connectivity index (χ4n) is 7.88. The number of aromatic amines is 1. The van der Waals surface area contributed by atoms with Gasteiger partial charge in [-0.1, -0.05) is 6.07 Å². The van der Waals surface area contributed by atoms with Crippen molar-refractivity contribution in [1.29, 1.82) is 0 Å². The van der Waals surface area contributed by atoms with Gasteiger partial charge in [0.1, 0.15) is 0 Å². The van der Waals surface area contributed by atoms with E-state index in [2.05, 4.69) is 27.0 Å². The molecular formula is C28H30N4O3. The van der Waals surface area contributed by atoms with E-state index >= 15 is 0 Å². The number of fused-ring (bicyclic) bond motifs is 4. The van der Waals surface area contributed by atoms with E-state index in [1.807, 2.05) is 12.1 Å². The molecule has 3 heterocycles. The van der Waals surface area contributed by atoms with Gasteiger partial charge in [0.05, 0.1) is 28.2 Å². The number of hydrogen-bond acceptors (Lipinski definition) is 5. The first-order valence-electron chi connectivity index (χ1n) is 12.8. The lowest BCUT2D eigenvalue weighted by Crippen LogP contribution is -2.74. The number of H-pyrrole nitrogens is 1. The second-order valence-corrected chi connectivity index (χ2v) is 11.4. The normalized spacial score (nSPS) is 32.9. The summed E-state index contributed by atoms with van der Waals surface area (Å²) in [6.45, 7) is 3.79. The average molecular weight is 471 g/mol. The van der Waals surface area contributed by atoms with E-state index in [1.165, 1.54) is 18.4 Å². The second kappa shape index (κ2) is 6.39. The van der Waals surface area contributed by atoms with E-state index < -0.39 is 11.0 Å². The highest BCUT2D eigenvalue weighted by Crippen LogP contribution is 2.69. The van der Waals surface area contributed by atoms with Crippen LogP contribution in [0, 0.1) is 5.92 Å². The quantitative estimate of drug-likeness (QED) is 0.346. The smallest absolute Gasteiger partial charge is 0.166 e. The molecule has 3 aliphatic carbocycles. The zero-order chi connectivity index (χ0) is 23.7. The van der Waals surface area contributed by atoms with Gasteiger partial charge in [-0.2, -0.15) is 0 Å². The van der Waals surface area contributed by atoms with Crippen molar-refractivity contribution in [2.75, 3.05) is 13.1 Å². The van der Waals surface area contributed by atoms with Crippen molar-refractivity contribution in [2.24, 2.45) is 16.6 Å². The third-order valence-corrected chi connectivity index (χ3v) is 9.45. The number of hydrogen-bond donors (Lipinski definition) is 4. The van der Waals surface area contributed by atoms with Gasteiger partial charge in [0, 0.05) is 35.5 Å². The van der Waals surface area contributed by atoms with Gasteiger partial charge in [0.2, 0.25) is 0 Å². The molecule has 8 rings (SSSR count). The Kier molecular flexibility index (Phi) is 3.69. The molecule has 1 aromatic heterocycles.